The number of benzene rings is 1. The molecule has 1 heterocycles. The van der Waals surface area contributed by atoms with Gasteiger partial charge in [0.25, 0.3) is 5.56 Å². The van der Waals surface area contributed by atoms with E-state index in [4.69, 9.17) is 4.84 Å². The highest BCUT2D eigenvalue weighted by molar-refractivity contribution is 5.77. The highest BCUT2D eigenvalue weighted by atomic mass is 16.7. The Morgan fingerprint density at radius 1 is 1.32 bits per heavy atom. The summed E-state index contributed by atoms with van der Waals surface area (Å²) in [6, 6.07) is 7.30. The second kappa shape index (κ2) is 5.01. The minimum Gasteiger partial charge on any atom is -0.267 e. The van der Waals surface area contributed by atoms with Gasteiger partial charge in [-0.3, -0.25) is 9.63 Å². The quantitative estimate of drug-likeness (QED) is 0.861. The van der Waals surface area contributed by atoms with Crippen molar-refractivity contribution >= 4 is 10.9 Å². The smallest absolute Gasteiger partial charge is 0.267 e. The molecule has 1 aromatic heterocycles. The van der Waals surface area contributed by atoms with E-state index in [0.717, 1.165) is 0 Å². The van der Waals surface area contributed by atoms with Crippen molar-refractivity contribution in [1.82, 2.24) is 9.66 Å². The van der Waals surface area contributed by atoms with E-state index < -0.39 is 5.60 Å². The number of nitrogens with one attached hydrogen (secondary N) is 1. The summed E-state index contributed by atoms with van der Waals surface area (Å²) in [5.41, 5.74) is 2.87. The van der Waals surface area contributed by atoms with Crippen molar-refractivity contribution in [3.05, 3.63) is 40.4 Å². The molecule has 0 radical (unpaired) electrons. The van der Waals surface area contributed by atoms with Gasteiger partial charge in [0.15, 0.2) is 0 Å². The molecule has 5 heteroatoms. The first-order valence-electron chi connectivity index (χ1n) is 6.37. The normalized spacial score (nSPS) is 11.8. The molecule has 0 saturated carbocycles. The summed E-state index contributed by atoms with van der Waals surface area (Å²) in [5, 5.41) is 0.574. The Bertz CT molecular complexity index is 641. The largest absolute Gasteiger partial charge is 0.281 e. The highest BCUT2D eigenvalue weighted by Gasteiger charge is 2.14. The maximum absolute atomic E-state index is 12.4. The van der Waals surface area contributed by atoms with Gasteiger partial charge in [-0.05, 0) is 32.9 Å². The zero-order valence-electron chi connectivity index (χ0n) is 11.7. The van der Waals surface area contributed by atoms with Crippen LogP contribution in [0.1, 0.15) is 33.5 Å². The van der Waals surface area contributed by atoms with Gasteiger partial charge in [-0.1, -0.05) is 19.1 Å². The van der Waals surface area contributed by atoms with Crippen molar-refractivity contribution in [3.63, 3.8) is 0 Å². The summed E-state index contributed by atoms with van der Waals surface area (Å²) < 4.78 is 1.37. The molecule has 0 aliphatic rings. The van der Waals surface area contributed by atoms with E-state index in [0.29, 0.717) is 23.1 Å². The van der Waals surface area contributed by atoms with Crippen LogP contribution >= 0.6 is 0 Å². The van der Waals surface area contributed by atoms with Crippen molar-refractivity contribution in [1.29, 1.82) is 0 Å². The molecule has 0 bridgehead atoms. The molecule has 0 saturated heterocycles. The lowest BCUT2D eigenvalue weighted by atomic mass is 10.2. The third-order valence-electron chi connectivity index (χ3n) is 2.60. The van der Waals surface area contributed by atoms with E-state index in [2.05, 4.69) is 10.6 Å². The third-order valence-corrected chi connectivity index (χ3v) is 2.60. The second-order valence-electron chi connectivity index (χ2n) is 5.35. The lowest BCUT2D eigenvalue weighted by Crippen LogP contribution is -2.37. The SMILES string of the molecule is CCc1nc2ccccc2c(=O)n1NOC(C)(C)C. The van der Waals surface area contributed by atoms with E-state index in [9.17, 15) is 4.79 Å². The van der Waals surface area contributed by atoms with Crippen LogP contribution in [-0.4, -0.2) is 15.3 Å². The number of hydrogen-bond donors (Lipinski definition) is 1. The molecule has 1 aromatic carbocycles. The van der Waals surface area contributed by atoms with Crippen LogP contribution in [0.5, 0.6) is 0 Å². The zero-order chi connectivity index (χ0) is 14.0. The second-order valence-corrected chi connectivity index (χ2v) is 5.35. The molecule has 19 heavy (non-hydrogen) atoms. The molecule has 2 rings (SSSR count). The topological polar surface area (TPSA) is 56.2 Å². The molecule has 0 unspecified atom stereocenters. The number of para-hydroxylation sites is 1. The van der Waals surface area contributed by atoms with Crippen LogP contribution in [-0.2, 0) is 11.3 Å². The molecule has 0 aliphatic heterocycles. The van der Waals surface area contributed by atoms with Crippen LogP contribution in [0.15, 0.2) is 29.1 Å². The lowest BCUT2D eigenvalue weighted by molar-refractivity contribution is 0.0112. The van der Waals surface area contributed by atoms with Gasteiger partial charge in [0, 0.05) is 6.42 Å². The number of aromatic nitrogens is 2. The molecule has 0 spiro atoms. The summed E-state index contributed by atoms with van der Waals surface area (Å²) >= 11 is 0. The Morgan fingerprint density at radius 2 is 2.00 bits per heavy atom. The standard InChI is InChI=1S/C14H19N3O2/c1-5-12-15-11-9-7-6-8-10(11)13(18)17(12)16-19-14(2,3)4/h6-9,16H,5H2,1-4H3. The number of fused-ring (bicyclic) bond motifs is 1. The fraction of sp³-hybridized carbons (Fsp3) is 0.429. The molecule has 102 valence electrons. The van der Waals surface area contributed by atoms with Crippen LogP contribution in [0.2, 0.25) is 0 Å². The van der Waals surface area contributed by atoms with E-state index in [1.54, 1.807) is 6.07 Å². The van der Waals surface area contributed by atoms with Gasteiger partial charge < -0.3 is 0 Å². The van der Waals surface area contributed by atoms with Crippen LogP contribution in [0.4, 0.5) is 0 Å². The van der Waals surface area contributed by atoms with E-state index in [1.165, 1.54) is 4.68 Å². The molecular weight excluding hydrogens is 242 g/mol. The van der Waals surface area contributed by atoms with Crippen molar-refractivity contribution in [3.8, 4) is 0 Å². The van der Waals surface area contributed by atoms with Gasteiger partial charge in [0.05, 0.1) is 16.5 Å². The summed E-state index contributed by atoms with van der Waals surface area (Å²) in [7, 11) is 0. The molecular formula is C14H19N3O2. The van der Waals surface area contributed by atoms with Crippen LogP contribution in [0.3, 0.4) is 0 Å². The Labute approximate surface area is 112 Å². The van der Waals surface area contributed by atoms with Crippen LogP contribution < -0.4 is 11.1 Å². The van der Waals surface area contributed by atoms with Crippen molar-refractivity contribution in [2.45, 2.75) is 39.7 Å². The fourth-order valence-electron chi connectivity index (χ4n) is 1.69. The van der Waals surface area contributed by atoms with Gasteiger partial charge in [-0.25, -0.2) is 4.98 Å². The minimum absolute atomic E-state index is 0.147. The van der Waals surface area contributed by atoms with Crippen molar-refractivity contribution < 1.29 is 4.84 Å². The van der Waals surface area contributed by atoms with Gasteiger partial charge in [-0.15, -0.1) is 0 Å². The molecule has 0 amide bonds. The van der Waals surface area contributed by atoms with Gasteiger partial charge >= 0.3 is 0 Å². The lowest BCUT2D eigenvalue weighted by Gasteiger charge is -2.22. The fourth-order valence-corrected chi connectivity index (χ4v) is 1.69. The van der Waals surface area contributed by atoms with E-state index in [1.807, 2.05) is 45.9 Å². The highest BCUT2D eigenvalue weighted by Crippen LogP contribution is 2.09. The van der Waals surface area contributed by atoms with Crippen molar-refractivity contribution in [2.75, 3.05) is 5.59 Å². The first kappa shape index (κ1) is 13.5. The van der Waals surface area contributed by atoms with Crippen LogP contribution in [0, 0.1) is 0 Å². The summed E-state index contributed by atoms with van der Waals surface area (Å²) in [5.74, 6) is 0.646. The summed E-state index contributed by atoms with van der Waals surface area (Å²) in [4.78, 5) is 22.3. The molecule has 0 atom stereocenters. The number of aryl methyl sites for hydroxylation is 1. The van der Waals surface area contributed by atoms with Gasteiger partial charge in [0.2, 0.25) is 0 Å². The maximum atomic E-state index is 12.4. The Hall–Kier alpha value is -1.88. The Morgan fingerprint density at radius 3 is 2.63 bits per heavy atom. The van der Waals surface area contributed by atoms with Gasteiger partial charge in [0.1, 0.15) is 5.82 Å². The van der Waals surface area contributed by atoms with Gasteiger partial charge in [-0.2, -0.15) is 10.3 Å². The third kappa shape index (κ3) is 2.93. The average molecular weight is 261 g/mol. The van der Waals surface area contributed by atoms with Crippen LogP contribution in [0.25, 0.3) is 10.9 Å². The number of rotatable bonds is 3. The van der Waals surface area contributed by atoms with Crippen molar-refractivity contribution in [2.24, 2.45) is 0 Å². The predicted octanol–water partition coefficient (Wildman–Crippen LogP) is 2.23. The zero-order valence-corrected chi connectivity index (χ0v) is 11.7. The monoisotopic (exact) mass is 261 g/mol. The molecule has 0 fully saturated rings. The average Bonchev–Trinajstić information content (AvgIpc) is 2.36. The van der Waals surface area contributed by atoms with E-state index >= 15 is 0 Å². The summed E-state index contributed by atoms with van der Waals surface area (Å²) in [6.45, 7) is 7.67. The molecule has 0 aliphatic carbocycles. The first-order valence-corrected chi connectivity index (χ1v) is 6.37. The summed E-state index contributed by atoms with van der Waals surface area (Å²) in [6.07, 6.45) is 0.639. The number of hydrogen-bond acceptors (Lipinski definition) is 4. The maximum Gasteiger partial charge on any atom is 0.281 e. The number of nitrogens with zero attached hydrogens (tertiary/aromatic N) is 2. The predicted molar refractivity (Wildman–Crippen MR) is 75.6 cm³/mol. The molecule has 1 N–H and O–H groups in total. The van der Waals surface area contributed by atoms with E-state index in [-0.39, 0.29) is 5.56 Å². The molecule has 2 aromatic rings. The Balaban J connectivity index is 2.52. The Kier molecular flexibility index (Phi) is 3.57. The molecule has 5 nitrogen and oxygen atoms in total. The first-order chi connectivity index (χ1) is 8.92. The minimum atomic E-state index is -0.393.